The lowest BCUT2D eigenvalue weighted by atomic mass is 10.1. The van der Waals surface area contributed by atoms with Crippen molar-refractivity contribution >= 4 is 6.41 Å². The molecule has 0 atom stereocenters. The zero-order chi connectivity index (χ0) is 12.6. The first-order chi connectivity index (χ1) is 7.37. The van der Waals surface area contributed by atoms with E-state index in [1.54, 1.807) is 7.05 Å². The van der Waals surface area contributed by atoms with Gasteiger partial charge in [0.1, 0.15) is 0 Å². The van der Waals surface area contributed by atoms with Crippen molar-refractivity contribution in [2.75, 3.05) is 20.3 Å². The van der Waals surface area contributed by atoms with Crippen molar-refractivity contribution in [1.82, 2.24) is 5.06 Å². The normalized spacial score (nSPS) is 11.9. The van der Waals surface area contributed by atoms with Crippen LogP contribution in [0, 0.1) is 5.92 Å². The van der Waals surface area contributed by atoms with Gasteiger partial charge in [0.25, 0.3) is 0 Å². The number of hydroxylamine groups is 2. The molecule has 0 aromatic carbocycles. The van der Waals surface area contributed by atoms with E-state index in [0.29, 0.717) is 18.9 Å². The number of carbonyl (C=O) groups excluding carboxylic acids is 1. The van der Waals surface area contributed by atoms with Crippen LogP contribution < -0.4 is 0 Å². The number of hydrogen-bond donors (Lipinski definition) is 0. The standard InChI is InChI=1S/C12H25NO3/c1-11(2)6-8-15-12(3,4)7-9-16-13(5)10-14/h10-11H,6-9H2,1-5H3. The van der Waals surface area contributed by atoms with Crippen molar-refractivity contribution in [3.05, 3.63) is 0 Å². The lowest BCUT2D eigenvalue weighted by molar-refractivity contribution is -0.169. The Hall–Kier alpha value is -0.610. The summed E-state index contributed by atoms with van der Waals surface area (Å²) in [7, 11) is 1.58. The Bertz CT molecular complexity index is 193. The largest absolute Gasteiger partial charge is 0.375 e. The summed E-state index contributed by atoms with van der Waals surface area (Å²) >= 11 is 0. The second kappa shape index (κ2) is 7.63. The Kier molecular flexibility index (Phi) is 7.34. The van der Waals surface area contributed by atoms with Gasteiger partial charge in [-0.05, 0) is 26.2 Å². The van der Waals surface area contributed by atoms with Gasteiger partial charge in [0.15, 0.2) is 0 Å². The molecule has 96 valence electrons. The van der Waals surface area contributed by atoms with E-state index in [-0.39, 0.29) is 5.60 Å². The highest BCUT2D eigenvalue weighted by Crippen LogP contribution is 2.16. The summed E-state index contributed by atoms with van der Waals surface area (Å²) in [6.45, 7) is 9.70. The van der Waals surface area contributed by atoms with Crippen LogP contribution >= 0.6 is 0 Å². The van der Waals surface area contributed by atoms with Crippen LogP contribution in [0.25, 0.3) is 0 Å². The monoisotopic (exact) mass is 231 g/mol. The molecule has 0 fully saturated rings. The highest BCUT2D eigenvalue weighted by molar-refractivity contribution is 5.44. The molecule has 16 heavy (non-hydrogen) atoms. The number of rotatable bonds is 9. The SMILES string of the molecule is CC(C)CCOC(C)(C)CCON(C)C=O. The molecule has 0 unspecified atom stereocenters. The van der Waals surface area contributed by atoms with Crippen LogP contribution in [0.15, 0.2) is 0 Å². The summed E-state index contributed by atoms with van der Waals surface area (Å²) < 4.78 is 5.77. The predicted octanol–water partition coefficient (Wildman–Crippen LogP) is 2.24. The smallest absolute Gasteiger partial charge is 0.233 e. The van der Waals surface area contributed by atoms with Crippen LogP contribution in [0.4, 0.5) is 0 Å². The van der Waals surface area contributed by atoms with E-state index in [2.05, 4.69) is 13.8 Å². The third kappa shape index (κ3) is 8.68. The van der Waals surface area contributed by atoms with E-state index >= 15 is 0 Å². The molecule has 4 heteroatoms. The van der Waals surface area contributed by atoms with E-state index < -0.39 is 0 Å². The first-order valence-corrected chi connectivity index (χ1v) is 5.82. The Morgan fingerprint density at radius 2 is 1.94 bits per heavy atom. The third-order valence-corrected chi connectivity index (χ3v) is 2.34. The first kappa shape index (κ1) is 15.4. The molecule has 0 saturated carbocycles. The van der Waals surface area contributed by atoms with Crippen LogP contribution in [0.2, 0.25) is 0 Å². The van der Waals surface area contributed by atoms with Crippen molar-refractivity contribution in [2.45, 2.75) is 46.1 Å². The number of ether oxygens (including phenoxy) is 1. The molecule has 0 aromatic heterocycles. The van der Waals surface area contributed by atoms with Gasteiger partial charge in [-0.25, -0.2) is 5.06 Å². The fourth-order valence-electron chi connectivity index (χ4n) is 1.11. The summed E-state index contributed by atoms with van der Waals surface area (Å²) in [5.41, 5.74) is -0.196. The fraction of sp³-hybridized carbons (Fsp3) is 0.917. The second-order valence-corrected chi connectivity index (χ2v) is 5.03. The minimum atomic E-state index is -0.196. The van der Waals surface area contributed by atoms with Gasteiger partial charge >= 0.3 is 0 Å². The quantitative estimate of drug-likeness (QED) is 0.451. The Morgan fingerprint density at radius 3 is 2.44 bits per heavy atom. The molecule has 0 aromatic rings. The first-order valence-electron chi connectivity index (χ1n) is 5.82. The predicted molar refractivity (Wildman–Crippen MR) is 63.9 cm³/mol. The summed E-state index contributed by atoms with van der Waals surface area (Å²) in [6.07, 6.45) is 2.48. The molecule has 0 aliphatic heterocycles. The number of carbonyl (C=O) groups is 1. The van der Waals surface area contributed by atoms with Gasteiger partial charge in [0, 0.05) is 20.1 Å². The van der Waals surface area contributed by atoms with E-state index in [4.69, 9.17) is 9.57 Å². The molecule has 0 spiro atoms. The molecule has 4 nitrogen and oxygen atoms in total. The maximum atomic E-state index is 10.3. The zero-order valence-electron chi connectivity index (χ0n) is 11.2. The fourth-order valence-corrected chi connectivity index (χ4v) is 1.11. The maximum Gasteiger partial charge on any atom is 0.233 e. The van der Waals surface area contributed by atoms with Crippen molar-refractivity contribution in [1.29, 1.82) is 0 Å². The highest BCUT2D eigenvalue weighted by atomic mass is 16.7. The lowest BCUT2D eigenvalue weighted by Gasteiger charge is -2.26. The summed E-state index contributed by atoms with van der Waals surface area (Å²) in [6, 6.07) is 0. The van der Waals surface area contributed by atoms with Gasteiger partial charge in [0.2, 0.25) is 6.41 Å². The molecule has 0 aliphatic carbocycles. The molecule has 0 saturated heterocycles. The van der Waals surface area contributed by atoms with Crippen molar-refractivity contribution in [2.24, 2.45) is 5.92 Å². The maximum absolute atomic E-state index is 10.3. The van der Waals surface area contributed by atoms with Crippen LogP contribution in [-0.4, -0.2) is 37.3 Å². The van der Waals surface area contributed by atoms with E-state index in [1.165, 1.54) is 5.06 Å². The molecular weight excluding hydrogens is 206 g/mol. The van der Waals surface area contributed by atoms with Crippen LogP contribution in [0.5, 0.6) is 0 Å². The molecule has 0 aliphatic rings. The van der Waals surface area contributed by atoms with Crippen molar-refractivity contribution in [3.63, 3.8) is 0 Å². The van der Waals surface area contributed by atoms with Crippen LogP contribution in [0.1, 0.15) is 40.5 Å². The van der Waals surface area contributed by atoms with Crippen molar-refractivity contribution < 1.29 is 14.4 Å². The van der Waals surface area contributed by atoms with E-state index in [1.807, 2.05) is 13.8 Å². The van der Waals surface area contributed by atoms with Gasteiger partial charge in [-0.2, -0.15) is 0 Å². The molecule has 1 amide bonds. The van der Waals surface area contributed by atoms with Crippen LogP contribution in [0.3, 0.4) is 0 Å². The van der Waals surface area contributed by atoms with Gasteiger partial charge in [0.05, 0.1) is 12.2 Å². The highest BCUT2D eigenvalue weighted by Gasteiger charge is 2.18. The minimum Gasteiger partial charge on any atom is -0.375 e. The average molecular weight is 231 g/mol. The molecule has 0 rings (SSSR count). The Labute approximate surface area is 98.9 Å². The van der Waals surface area contributed by atoms with Gasteiger partial charge < -0.3 is 4.74 Å². The number of amides is 1. The Balaban J connectivity index is 3.65. The lowest BCUT2D eigenvalue weighted by Crippen LogP contribution is -2.29. The summed E-state index contributed by atoms with van der Waals surface area (Å²) in [4.78, 5) is 15.4. The number of nitrogens with zero attached hydrogens (tertiary/aromatic N) is 1. The van der Waals surface area contributed by atoms with E-state index in [9.17, 15) is 4.79 Å². The molecule has 0 radical (unpaired) electrons. The van der Waals surface area contributed by atoms with Gasteiger partial charge in [-0.15, -0.1) is 0 Å². The van der Waals surface area contributed by atoms with Crippen LogP contribution in [-0.2, 0) is 14.4 Å². The van der Waals surface area contributed by atoms with Crippen molar-refractivity contribution in [3.8, 4) is 0 Å². The zero-order valence-corrected chi connectivity index (χ0v) is 11.2. The van der Waals surface area contributed by atoms with E-state index in [0.717, 1.165) is 19.4 Å². The van der Waals surface area contributed by atoms with Gasteiger partial charge in [-0.3, -0.25) is 9.63 Å². The van der Waals surface area contributed by atoms with Gasteiger partial charge in [-0.1, -0.05) is 13.8 Å². The Morgan fingerprint density at radius 1 is 1.31 bits per heavy atom. The molecular formula is C12H25NO3. The third-order valence-electron chi connectivity index (χ3n) is 2.34. The summed E-state index contributed by atoms with van der Waals surface area (Å²) in [5.74, 6) is 0.660. The number of hydrogen-bond acceptors (Lipinski definition) is 3. The molecule has 0 heterocycles. The second-order valence-electron chi connectivity index (χ2n) is 5.03. The topological polar surface area (TPSA) is 38.8 Å². The molecule has 0 N–H and O–H groups in total. The minimum absolute atomic E-state index is 0.196. The molecule has 0 bridgehead atoms. The summed E-state index contributed by atoms with van der Waals surface area (Å²) in [5, 5.41) is 1.17. The average Bonchev–Trinajstić information content (AvgIpc) is 2.16.